The van der Waals surface area contributed by atoms with Crippen molar-refractivity contribution < 1.29 is 4.79 Å². The van der Waals surface area contributed by atoms with Crippen LogP contribution in [0.5, 0.6) is 0 Å². The second-order valence-electron chi connectivity index (χ2n) is 4.13. The van der Waals surface area contributed by atoms with Crippen LogP contribution in [0.15, 0.2) is 18.5 Å². The monoisotopic (exact) mass is 203 g/mol. The third-order valence-electron chi connectivity index (χ3n) is 3.18. The quantitative estimate of drug-likeness (QED) is 0.693. The number of carbonyl (C=O) groups is 1. The molecular weight excluding hydrogens is 190 g/mol. The standard InChI is InChI=1S/C11H13N3O/c15-11-6-8-2-1-5-14(8)10-3-4-12-7-9(10)13-11/h3-4,7-8H,1-2,5-6H2,(H,13,15). The summed E-state index contributed by atoms with van der Waals surface area (Å²) in [4.78, 5) is 18.0. The van der Waals surface area contributed by atoms with Crippen molar-refractivity contribution in [1.29, 1.82) is 0 Å². The molecule has 1 atom stereocenters. The van der Waals surface area contributed by atoms with Crippen LogP contribution in [0.3, 0.4) is 0 Å². The molecule has 0 saturated carbocycles. The molecule has 1 aromatic heterocycles. The Morgan fingerprint density at radius 1 is 1.53 bits per heavy atom. The lowest BCUT2D eigenvalue weighted by Crippen LogP contribution is -2.29. The second-order valence-corrected chi connectivity index (χ2v) is 4.13. The normalized spacial score (nSPS) is 24.1. The summed E-state index contributed by atoms with van der Waals surface area (Å²) in [6.45, 7) is 1.05. The van der Waals surface area contributed by atoms with E-state index in [1.165, 1.54) is 6.42 Å². The Labute approximate surface area is 88.3 Å². The predicted octanol–water partition coefficient (Wildman–Crippen LogP) is 1.39. The van der Waals surface area contributed by atoms with Crippen molar-refractivity contribution in [2.75, 3.05) is 16.8 Å². The molecule has 3 rings (SSSR count). The Morgan fingerprint density at radius 2 is 2.47 bits per heavy atom. The Bertz CT molecular complexity index is 405. The Balaban J connectivity index is 2.08. The lowest BCUT2D eigenvalue weighted by atomic mass is 10.1. The highest BCUT2D eigenvalue weighted by Gasteiger charge is 2.31. The van der Waals surface area contributed by atoms with Gasteiger partial charge in [0.25, 0.3) is 0 Å². The van der Waals surface area contributed by atoms with Crippen LogP contribution in [0.2, 0.25) is 0 Å². The molecule has 1 fully saturated rings. The first kappa shape index (κ1) is 8.71. The van der Waals surface area contributed by atoms with Gasteiger partial charge in [0.1, 0.15) is 0 Å². The predicted molar refractivity (Wildman–Crippen MR) is 57.9 cm³/mol. The molecule has 2 aliphatic rings. The minimum absolute atomic E-state index is 0.110. The summed E-state index contributed by atoms with van der Waals surface area (Å²) >= 11 is 0. The van der Waals surface area contributed by atoms with E-state index in [0.29, 0.717) is 12.5 Å². The summed E-state index contributed by atoms with van der Waals surface area (Å²) in [6.07, 6.45) is 6.42. The van der Waals surface area contributed by atoms with Crippen molar-refractivity contribution >= 4 is 17.3 Å². The number of nitrogens with one attached hydrogen (secondary N) is 1. The minimum atomic E-state index is 0.110. The fourth-order valence-electron chi connectivity index (χ4n) is 2.51. The summed E-state index contributed by atoms with van der Waals surface area (Å²) in [6, 6.07) is 2.37. The maximum Gasteiger partial charge on any atom is 0.226 e. The summed E-state index contributed by atoms with van der Waals surface area (Å²) in [5, 5.41) is 2.91. The fraction of sp³-hybridized carbons (Fsp3) is 0.455. The van der Waals surface area contributed by atoms with E-state index in [-0.39, 0.29) is 5.91 Å². The molecule has 4 heteroatoms. The van der Waals surface area contributed by atoms with Gasteiger partial charge in [-0.2, -0.15) is 0 Å². The van der Waals surface area contributed by atoms with E-state index in [9.17, 15) is 4.79 Å². The van der Waals surface area contributed by atoms with Crippen LogP contribution in [0, 0.1) is 0 Å². The summed E-state index contributed by atoms with van der Waals surface area (Å²) in [5.41, 5.74) is 1.98. The number of amides is 1. The molecule has 4 nitrogen and oxygen atoms in total. The zero-order valence-electron chi connectivity index (χ0n) is 8.44. The molecule has 3 heterocycles. The summed E-state index contributed by atoms with van der Waals surface area (Å²) in [5.74, 6) is 0.110. The van der Waals surface area contributed by atoms with Gasteiger partial charge in [0.15, 0.2) is 0 Å². The van der Waals surface area contributed by atoms with Crippen LogP contribution >= 0.6 is 0 Å². The van der Waals surface area contributed by atoms with Crippen LogP contribution in [-0.4, -0.2) is 23.5 Å². The Kier molecular flexibility index (Phi) is 1.87. The molecule has 1 aromatic rings. The maximum atomic E-state index is 11.6. The van der Waals surface area contributed by atoms with Crippen LogP contribution in [0.1, 0.15) is 19.3 Å². The molecular formula is C11H13N3O. The third-order valence-corrected chi connectivity index (χ3v) is 3.18. The van der Waals surface area contributed by atoms with E-state index in [2.05, 4.69) is 15.2 Å². The molecule has 0 aromatic carbocycles. The first-order chi connectivity index (χ1) is 7.34. The van der Waals surface area contributed by atoms with Gasteiger partial charge in [-0.1, -0.05) is 0 Å². The average Bonchev–Trinajstić information content (AvgIpc) is 2.62. The van der Waals surface area contributed by atoms with Gasteiger partial charge < -0.3 is 10.2 Å². The second kappa shape index (κ2) is 3.22. The first-order valence-electron chi connectivity index (χ1n) is 5.35. The molecule has 1 amide bonds. The molecule has 0 bridgehead atoms. The number of aromatic nitrogens is 1. The zero-order valence-corrected chi connectivity index (χ0v) is 8.44. The van der Waals surface area contributed by atoms with Crippen LogP contribution in [0.4, 0.5) is 11.4 Å². The molecule has 1 N–H and O–H groups in total. The van der Waals surface area contributed by atoms with E-state index >= 15 is 0 Å². The minimum Gasteiger partial charge on any atom is -0.366 e. The van der Waals surface area contributed by atoms with E-state index in [1.807, 2.05) is 6.07 Å². The molecule has 1 unspecified atom stereocenters. The molecule has 15 heavy (non-hydrogen) atoms. The lowest BCUT2D eigenvalue weighted by molar-refractivity contribution is -0.116. The number of rotatable bonds is 0. The largest absolute Gasteiger partial charge is 0.366 e. The Morgan fingerprint density at radius 3 is 3.40 bits per heavy atom. The summed E-state index contributed by atoms with van der Waals surface area (Å²) < 4.78 is 0. The number of pyridine rings is 1. The molecule has 78 valence electrons. The fourth-order valence-corrected chi connectivity index (χ4v) is 2.51. The van der Waals surface area contributed by atoms with Crippen molar-refractivity contribution in [3.8, 4) is 0 Å². The van der Waals surface area contributed by atoms with Crippen LogP contribution < -0.4 is 10.2 Å². The van der Waals surface area contributed by atoms with E-state index in [4.69, 9.17) is 0 Å². The van der Waals surface area contributed by atoms with Crippen molar-refractivity contribution in [2.24, 2.45) is 0 Å². The first-order valence-corrected chi connectivity index (χ1v) is 5.35. The van der Waals surface area contributed by atoms with Crippen molar-refractivity contribution in [1.82, 2.24) is 4.98 Å². The third kappa shape index (κ3) is 1.37. The number of carbonyl (C=O) groups excluding carboxylic acids is 1. The van der Waals surface area contributed by atoms with E-state index < -0.39 is 0 Å². The smallest absolute Gasteiger partial charge is 0.226 e. The van der Waals surface area contributed by atoms with Gasteiger partial charge in [-0.3, -0.25) is 9.78 Å². The van der Waals surface area contributed by atoms with Gasteiger partial charge in [-0.05, 0) is 18.9 Å². The van der Waals surface area contributed by atoms with Crippen LogP contribution in [-0.2, 0) is 4.79 Å². The number of anilines is 2. The molecule has 2 aliphatic heterocycles. The van der Waals surface area contributed by atoms with Crippen LogP contribution in [0.25, 0.3) is 0 Å². The number of nitrogens with zero attached hydrogens (tertiary/aromatic N) is 2. The van der Waals surface area contributed by atoms with Gasteiger partial charge in [0.2, 0.25) is 5.91 Å². The molecule has 0 aliphatic carbocycles. The zero-order chi connectivity index (χ0) is 10.3. The highest BCUT2D eigenvalue weighted by atomic mass is 16.1. The van der Waals surface area contributed by atoms with Crippen molar-refractivity contribution in [3.63, 3.8) is 0 Å². The van der Waals surface area contributed by atoms with Gasteiger partial charge in [0.05, 0.1) is 17.6 Å². The molecule has 0 spiro atoms. The number of hydrogen-bond acceptors (Lipinski definition) is 3. The topological polar surface area (TPSA) is 45.2 Å². The van der Waals surface area contributed by atoms with Crippen molar-refractivity contribution in [2.45, 2.75) is 25.3 Å². The van der Waals surface area contributed by atoms with Gasteiger partial charge in [-0.25, -0.2) is 0 Å². The van der Waals surface area contributed by atoms with E-state index in [0.717, 1.165) is 24.3 Å². The highest BCUT2D eigenvalue weighted by molar-refractivity contribution is 5.96. The maximum absolute atomic E-state index is 11.6. The highest BCUT2D eigenvalue weighted by Crippen LogP contribution is 2.35. The summed E-state index contributed by atoms with van der Waals surface area (Å²) in [7, 11) is 0. The van der Waals surface area contributed by atoms with Gasteiger partial charge in [0, 0.05) is 25.2 Å². The van der Waals surface area contributed by atoms with Crippen molar-refractivity contribution in [3.05, 3.63) is 18.5 Å². The van der Waals surface area contributed by atoms with Gasteiger partial charge >= 0.3 is 0 Å². The van der Waals surface area contributed by atoms with Gasteiger partial charge in [-0.15, -0.1) is 0 Å². The Hall–Kier alpha value is -1.58. The SMILES string of the molecule is O=C1CC2CCCN2c2ccncc2N1. The molecule has 0 radical (unpaired) electrons. The van der Waals surface area contributed by atoms with E-state index in [1.54, 1.807) is 12.4 Å². The lowest BCUT2D eigenvalue weighted by Gasteiger charge is -2.24. The number of hydrogen-bond donors (Lipinski definition) is 1. The number of fused-ring (bicyclic) bond motifs is 3. The average molecular weight is 203 g/mol. The molecule has 1 saturated heterocycles.